The van der Waals surface area contributed by atoms with E-state index in [0.29, 0.717) is 18.0 Å². The van der Waals surface area contributed by atoms with Crippen molar-refractivity contribution in [3.8, 4) is 0 Å². The quantitative estimate of drug-likeness (QED) is 0.634. The second kappa shape index (κ2) is 5.79. The van der Waals surface area contributed by atoms with Gasteiger partial charge in [-0.1, -0.05) is 12.5 Å². The molecule has 0 bridgehead atoms. The Bertz CT molecular complexity index is 490. The summed E-state index contributed by atoms with van der Waals surface area (Å²) in [5.41, 5.74) is 5.90. The van der Waals surface area contributed by atoms with Gasteiger partial charge in [-0.05, 0) is 31.4 Å². The van der Waals surface area contributed by atoms with E-state index in [-0.39, 0.29) is 17.6 Å². The predicted molar refractivity (Wildman–Crippen MR) is 70.7 cm³/mol. The third-order valence-corrected chi connectivity index (χ3v) is 3.60. The van der Waals surface area contributed by atoms with Crippen molar-refractivity contribution in [2.75, 3.05) is 6.54 Å². The lowest BCUT2D eigenvalue weighted by Gasteiger charge is -2.19. The Kier molecular flexibility index (Phi) is 4.11. The van der Waals surface area contributed by atoms with E-state index in [1.165, 1.54) is 18.2 Å². The number of nitro groups is 1. The maximum Gasteiger partial charge on any atom is 0.270 e. The lowest BCUT2D eigenvalue weighted by atomic mass is 10.0. The first kappa shape index (κ1) is 13.5. The van der Waals surface area contributed by atoms with Crippen molar-refractivity contribution >= 4 is 11.6 Å². The van der Waals surface area contributed by atoms with E-state index in [1.807, 2.05) is 0 Å². The van der Waals surface area contributed by atoms with Crippen LogP contribution < -0.4 is 11.1 Å². The van der Waals surface area contributed by atoms with Crippen molar-refractivity contribution in [3.63, 3.8) is 0 Å². The van der Waals surface area contributed by atoms with Crippen LogP contribution in [0.5, 0.6) is 0 Å². The number of carbonyl (C=O) groups excluding carboxylic acids is 1. The van der Waals surface area contributed by atoms with Crippen LogP contribution in [0.3, 0.4) is 0 Å². The number of nitrogens with one attached hydrogen (secondary N) is 1. The van der Waals surface area contributed by atoms with E-state index in [0.717, 1.165) is 19.3 Å². The van der Waals surface area contributed by atoms with Crippen LogP contribution >= 0.6 is 0 Å². The molecule has 0 aromatic heterocycles. The van der Waals surface area contributed by atoms with Gasteiger partial charge in [0.25, 0.3) is 11.6 Å². The van der Waals surface area contributed by atoms with Crippen LogP contribution in [0.2, 0.25) is 0 Å². The molecule has 2 atom stereocenters. The van der Waals surface area contributed by atoms with E-state index in [4.69, 9.17) is 5.73 Å². The monoisotopic (exact) mass is 263 g/mol. The van der Waals surface area contributed by atoms with Gasteiger partial charge in [-0.25, -0.2) is 0 Å². The summed E-state index contributed by atoms with van der Waals surface area (Å²) in [6, 6.07) is 5.84. The Morgan fingerprint density at radius 3 is 2.95 bits per heavy atom. The van der Waals surface area contributed by atoms with Gasteiger partial charge in [-0.3, -0.25) is 14.9 Å². The average molecular weight is 263 g/mol. The number of hydrogen-bond acceptors (Lipinski definition) is 4. The molecule has 102 valence electrons. The Morgan fingerprint density at radius 1 is 1.47 bits per heavy atom. The van der Waals surface area contributed by atoms with E-state index < -0.39 is 4.92 Å². The summed E-state index contributed by atoms with van der Waals surface area (Å²) in [7, 11) is 0. The van der Waals surface area contributed by atoms with Crippen molar-refractivity contribution in [1.82, 2.24) is 5.32 Å². The number of hydrogen-bond donors (Lipinski definition) is 2. The summed E-state index contributed by atoms with van der Waals surface area (Å²) in [5, 5.41) is 13.6. The van der Waals surface area contributed by atoms with Gasteiger partial charge >= 0.3 is 0 Å². The summed E-state index contributed by atoms with van der Waals surface area (Å²) in [6.45, 7) is 0.555. The molecular formula is C13H17N3O3. The largest absolute Gasteiger partial charge is 0.349 e. The highest BCUT2D eigenvalue weighted by atomic mass is 16.6. The van der Waals surface area contributed by atoms with E-state index in [9.17, 15) is 14.9 Å². The zero-order chi connectivity index (χ0) is 13.8. The minimum Gasteiger partial charge on any atom is -0.349 e. The van der Waals surface area contributed by atoms with Crippen molar-refractivity contribution < 1.29 is 9.72 Å². The van der Waals surface area contributed by atoms with Crippen LogP contribution in [0, 0.1) is 16.0 Å². The molecule has 0 spiro atoms. The summed E-state index contributed by atoms with van der Waals surface area (Å²) >= 11 is 0. The zero-order valence-electron chi connectivity index (χ0n) is 10.5. The van der Waals surface area contributed by atoms with Gasteiger partial charge in [-0.2, -0.15) is 0 Å². The van der Waals surface area contributed by atoms with Crippen LogP contribution in [-0.4, -0.2) is 23.4 Å². The molecule has 1 aliphatic carbocycles. The summed E-state index contributed by atoms with van der Waals surface area (Å²) in [6.07, 6.45) is 3.00. The molecule has 0 saturated heterocycles. The van der Waals surface area contributed by atoms with Gasteiger partial charge in [0.2, 0.25) is 0 Å². The van der Waals surface area contributed by atoms with Gasteiger partial charge in [0.15, 0.2) is 0 Å². The van der Waals surface area contributed by atoms with Crippen molar-refractivity contribution in [2.45, 2.75) is 25.3 Å². The first-order valence-corrected chi connectivity index (χ1v) is 6.37. The average Bonchev–Trinajstić information content (AvgIpc) is 2.86. The second-order valence-corrected chi connectivity index (χ2v) is 4.81. The highest BCUT2D eigenvalue weighted by molar-refractivity contribution is 5.95. The molecule has 3 N–H and O–H groups in total. The van der Waals surface area contributed by atoms with Crippen LogP contribution in [-0.2, 0) is 0 Å². The molecule has 2 unspecified atom stereocenters. The topological polar surface area (TPSA) is 98.3 Å². The lowest BCUT2D eigenvalue weighted by molar-refractivity contribution is -0.384. The number of carbonyl (C=O) groups is 1. The fourth-order valence-electron chi connectivity index (χ4n) is 2.52. The molecule has 1 aliphatic rings. The van der Waals surface area contributed by atoms with Crippen molar-refractivity contribution in [2.24, 2.45) is 11.7 Å². The number of nitro benzene ring substituents is 1. The zero-order valence-corrected chi connectivity index (χ0v) is 10.5. The van der Waals surface area contributed by atoms with Crippen LogP contribution in [0.25, 0.3) is 0 Å². The molecule has 1 aromatic rings. The van der Waals surface area contributed by atoms with Gasteiger partial charge in [0, 0.05) is 23.7 Å². The Hall–Kier alpha value is -1.95. The fraction of sp³-hybridized carbons (Fsp3) is 0.462. The molecule has 6 nitrogen and oxygen atoms in total. The fourth-order valence-corrected chi connectivity index (χ4v) is 2.52. The number of rotatable bonds is 4. The summed E-state index contributed by atoms with van der Waals surface area (Å²) < 4.78 is 0. The number of benzene rings is 1. The van der Waals surface area contributed by atoms with Crippen molar-refractivity contribution in [3.05, 3.63) is 39.9 Å². The second-order valence-electron chi connectivity index (χ2n) is 4.81. The standard InChI is InChI=1S/C13H17N3O3/c14-8-10-4-2-6-12(10)15-13(17)9-3-1-5-11(7-9)16(18)19/h1,3,5,7,10,12H,2,4,6,8,14H2,(H,15,17). The number of nitrogens with zero attached hydrogens (tertiary/aromatic N) is 1. The van der Waals surface area contributed by atoms with E-state index in [2.05, 4.69) is 5.32 Å². The minimum atomic E-state index is -0.505. The van der Waals surface area contributed by atoms with Gasteiger partial charge < -0.3 is 11.1 Å². The molecule has 1 saturated carbocycles. The Morgan fingerprint density at radius 2 is 2.26 bits per heavy atom. The van der Waals surface area contributed by atoms with Gasteiger partial charge in [0.1, 0.15) is 0 Å². The Balaban J connectivity index is 2.07. The predicted octanol–water partition coefficient (Wildman–Crippen LogP) is 1.45. The summed E-state index contributed by atoms with van der Waals surface area (Å²) in [4.78, 5) is 22.2. The third-order valence-electron chi connectivity index (χ3n) is 3.60. The van der Waals surface area contributed by atoms with Gasteiger partial charge in [-0.15, -0.1) is 0 Å². The maximum atomic E-state index is 12.1. The molecule has 1 amide bonds. The first-order chi connectivity index (χ1) is 9.11. The van der Waals surface area contributed by atoms with Crippen LogP contribution in [0.1, 0.15) is 29.6 Å². The molecule has 0 aliphatic heterocycles. The molecule has 0 radical (unpaired) electrons. The molecule has 6 heteroatoms. The molecular weight excluding hydrogens is 246 g/mol. The minimum absolute atomic E-state index is 0.0746. The van der Waals surface area contributed by atoms with Crippen molar-refractivity contribution in [1.29, 1.82) is 0 Å². The number of non-ortho nitro benzene ring substituents is 1. The first-order valence-electron chi connectivity index (χ1n) is 6.37. The lowest BCUT2D eigenvalue weighted by Crippen LogP contribution is -2.39. The normalized spacial score (nSPS) is 22.2. The smallest absolute Gasteiger partial charge is 0.270 e. The summed E-state index contributed by atoms with van der Waals surface area (Å²) in [5.74, 6) is 0.0386. The molecule has 1 fully saturated rings. The maximum absolute atomic E-state index is 12.1. The van der Waals surface area contributed by atoms with Crippen LogP contribution in [0.4, 0.5) is 5.69 Å². The number of amides is 1. The highest BCUT2D eigenvalue weighted by Gasteiger charge is 2.27. The number of nitrogens with two attached hydrogens (primary N) is 1. The van der Waals surface area contributed by atoms with E-state index in [1.54, 1.807) is 6.07 Å². The van der Waals surface area contributed by atoms with Crippen LogP contribution in [0.15, 0.2) is 24.3 Å². The molecule has 2 rings (SSSR count). The highest BCUT2D eigenvalue weighted by Crippen LogP contribution is 2.25. The van der Waals surface area contributed by atoms with E-state index >= 15 is 0 Å². The molecule has 19 heavy (non-hydrogen) atoms. The SMILES string of the molecule is NCC1CCCC1NC(=O)c1cccc([N+](=O)[O-])c1. The molecule has 0 heterocycles. The van der Waals surface area contributed by atoms with Gasteiger partial charge in [0.05, 0.1) is 4.92 Å². The molecule has 1 aromatic carbocycles. The third kappa shape index (κ3) is 3.08. The Labute approximate surface area is 111 Å².